The first-order chi connectivity index (χ1) is 7.20. The summed E-state index contributed by atoms with van der Waals surface area (Å²) in [7, 11) is 0. The highest BCUT2D eigenvalue weighted by molar-refractivity contribution is 8.14. The van der Waals surface area contributed by atoms with E-state index in [-0.39, 0.29) is 0 Å². The summed E-state index contributed by atoms with van der Waals surface area (Å²) in [5.74, 6) is 1.80. The van der Waals surface area contributed by atoms with E-state index in [2.05, 4.69) is 24.9 Å². The quantitative estimate of drug-likeness (QED) is 0.832. The Hall–Kier alpha value is -0.960. The van der Waals surface area contributed by atoms with Crippen LogP contribution in [-0.2, 0) is 0 Å². The van der Waals surface area contributed by atoms with Crippen molar-refractivity contribution in [2.45, 2.75) is 19.8 Å². The third-order valence-corrected chi connectivity index (χ3v) is 3.49. The highest BCUT2D eigenvalue weighted by Crippen LogP contribution is 2.32. The van der Waals surface area contributed by atoms with Crippen molar-refractivity contribution in [1.82, 2.24) is 0 Å². The van der Waals surface area contributed by atoms with Crippen LogP contribution in [0.25, 0.3) is 0 Å². The topological polar surface area (TPSA) is 32.6 Å². The molecular weight excluding hydrogens is 206 g/mol. The van der Waals surface area contributed by atoms with Gasteiger partial charge >= 0.3 is 0 Å². The normalized spacial score (nSPS) is 15.8. The third kappa shape index (κ3) is 2.02. The Bertz CT molecular complexity index is 399. The summed E-state index contributed by atoms with van der Waals surface area (Å²) < 4.78 is 0. The predicted octanol–water partition coefficient (Wildman–Crippen LogP) is 3.01. The van der Waals surface area contributed by atoms with E-state index in [0.717, 1.165) is 22.9 Å². The number of rotatable bonds is 2. The van der Waals surface area contributed by atoms with Crippen molar-refractivity contribution in [3.63, 3.8) is 0 Å². The van der Waals surface area contributed by atoms with Gasteiger partial charge in [-0.3, -0.25) is 4.99 Å². The molecule has 0 spiro atoms. The summed E-state index contributed by atoms with van der Waals surface area (Å²) in [6.45, 7) is 5.14. The maximum absolute atomic E-state index is 9.91. The number of thioether (sulfide) groups is 1. The molecule has 0 bridgehead atoms. The van der Waals surface area contributed by atoms with Crippen molar-refractivity contribution in [1.29, 1.82) is 0 Å². The molecule has 0 radical (unpaired) electrons. The second-order valence-corrected chi connectivity index (χ2v) is 5.02. The monoisotopic (exact) mass is 221 g/mol. The molecule has 0 fully saturated rings. The van der Waals surface area contributed by atoms with Crippen molar-refractivity contribution in [3.05, 3.63) is 29.3 Å². The van der Waals surface area contributed by atoms with Gasteiger partial charge in [-0.15, -0.1) is 11.8 Å². The van der Waals surface area contributed by atoms with Gasteiger partial charge in [-0.05, 0) is 17.5 Å². The summed E-state index contributed by atoms with van der Waals surface area (Å²) in [4.78, 5) is 4.43. The minimum atomic E-state index is 0.356. The van der Waals surface area contributed by atoms with E-state index >= 15 is 0 Å². The number of aliphatic imine (C=N–C) groups is 1. The average Bonchev–Trinajstić information content (AvgIpc) is 2.70. The van der Waals surface area contributed by atoms with E-state index in [1.165, 1.54) is 5.56 Å². The standard InChI is InChI=1S/C12H15NOS/c1-8(2)9-4-3-5-10(14)11(9)12-13-6-7-15-12/h3-5,8,14H,6-7H2,1-2H3. The Morgan fingerprint density at radius 2 is 2.20 bits per heavy atom. The SMILES string of the molecule is CC(C)c1cccc(O)c1C1=NCCS1. The molecule has 0 saturated heterocycles. The van der Waals surface area contributed by atoms with E-state index < -0.39 is 0 Å². The van der Waals surface area contributed by atoms with Gasteiger partial charge in [-0.25, -0.2) is 0 Å². The van der Waals surface area contributed by atoms with Crippen molar-refractivity contribution in [2.75, 3.05) is 12.3 Å². The molecule has 80 valence electrons. The molecule has 0 aliphatic carbocycles. The summed E-state index contributed by atoms with van der Waals surface area (Å²) in [5, 5.41) is 10.9. The number of aromatic hydroxyl groups is 1. The molecule has 0 amide bonds. The number of phenolic OH excluding ortho intramolecular Hbond substituents is 1. The van der Waals surface area contributed by atoms with Crippen LogP contribution in [0.1, 0.15) is 30.9 Å². The van der Waals surface area contributed by atoms with Crippen molar-refractivity contribution in [2.24, 2.45) is 4.99 Å². The van der Waals surface area contributed by atoms with Gasteiger partial charge in [0, 0.05) is 12.3 Å². The molecule has 2 rings (SSSR count). The van der Waals surface area contributed by atoms with Gasteiger partial charge in [-0.1, -0.05) is 26.0 Å². The number of phenols is 1. The first-order valence-electron chi connectivity index (χ1n) is 5.19. The molecule has 1 aromatic rings. The lowest BCUT2D eigenvalue weighted by molar-refractivity contribution is 0.473. The van der Waals surface area contributed by atoms with Gasteiger partial charge in [0.15, 0.2) is 0 Å². The van der Waals surface area contributed by atoms with Gasteiger partial charge < -0.3 is 5.11 Å². The number of hydrogen-bond acceptors (Lipinski definition) is 3. The van der Waals surface area contributed by atoms with Crippen LogP contribution in [0.4, 0.5) is 0 Å². The first-order valence-corrected chi connectivity index (χ1v) is 6.18. The van der Waals surface area contributed by atoms with Crippen LogP contribution in [0.3, 0.4) is 0 Å². The molecule has 2 nitrogen and oxygen atoms in total. The number of hydrogen-bond donors (Lipinski definition) is 1. The molecule has 1 N–H and O–H groups in total. The maximum atomic E-state index is 9.91. The van der Waals surface area contributed by atoms with E-state index in [4.69, 9.17) is 0 Å². The fourth-order valence-electron chi connectivity index (χ4n) is 1.76. The number of nitrogens with zero attached hydrogens (tertiary/aromatic N) is 1. The average molecular weight is 221 g/mol. The molecule has 0 saturated carbocycles. The Kier molecular flexibility index (Phi) is 3.00. The molecule has 3 heteroatoms. The lowest BCUT2D eigenvalue weighted by atomic mass is 9.97. The summed E-state index contributed by atoms with van der Waals surface area (Å²) >= 11 is 1.73. The van der Waals surface area contributed by atoms with Crippen molar-refractivity contribution >= 4 is 16.8 Å². The fourth-order valence-corrected chi connectivity index (χ4v) is 2.68. The Labute approximate surface area is 94.4 Å². The van der Waals surface area contributed by atoms with Crippen LogP contribution < -0.4 is 0 Å². The minimum Gasteiger partial charge on any atom is -0.507 e. The highest BCUT2D eigenvalue weighted by atomic mass is 32.2. The first kappa shape index (κ1) is 10.6. The highest BCUT2D eigenvalue weighted by Gasteiger charge is 2.18. The molecule has 0 aromatic heterocycles. The van der Waals surface area contributed by atoms with Crippen LogP contribution in [0.2, 0.25) is 0 Å². The van der Waals surface area contributed by atoms with Crippen molar-refractivity contribution < 1.29 is 5.11 Å². The lowest BCUT2D eigenvalue weighted by Gasteiger charge is -2.13. The van der Waals surface area contributed by atoms with Crippen LogP contribution >= 0.6 is 11.8 Å². The Morgan fingerprint density at radius 1 is 1.40 bits per heavy atom. The third-order valence-electron chi connectivity index (χ3n) is 2.50. The van der Waals surface area contributed by atoms with E-state index in [0.29, 0.717) is 11.7 Å². The van der Waals surface area contributed by atoms with Gasteiger partial charge in [-0.2, -0.15) is 0 Å². The van der Waals surface area contributed by atoms with Gasteiger partial charge in [0.2, 0.25) is 0 Å². The fraction of sp³-hybridized carbons (Fsp3) is 0.417. The molecule has 1 aromatic carbocycles. The maximum Gasteiger partial charge on any atom is 0.125 e. The zero-order valence-electron chi connectivity index (χ0n) is 9.03. The van der Waals surface area contributed by atoms with Gasteiger partial charge in [0.05, 0.1) is 5.56 Å². The molecule has 1 aliphatic heterocycles. The van der Waals surface area contributed by atoms with Crippen LogP contribution in [0, 0.1) is 0 Å². The zero-order valence-corrected chi connectivity index (χ0v) is 9.84. The second kappa shape index (κ2) is 4.27. The minimum absolute atomic E-state index is 0.356. The molecule has 15 heavy (non-hydrogen) atoms. The van der Waals surface area contributed by atoms with Crippen LogP contribution in [-0.4, -0.2) is 22.4 Å². The largest absolute Gasteiger partial charge is 0.507 e. The predicted molar refractivity (Wildman–Crippen MR) is 66.1 cm³/mol. The zero-order chi connectivity index (χ0) is 10.8. The summed E-state index contributed by atoms with van der Waals surface area (Å²) in [6, 6.07) is 5.71. The van der Waals surface area contributed by atoms with Crippen LogP contribution in [0.15, 0.2) is 23.2 Å². The molecule has 0 unspecified atom stereocenters. The second-order valence-electron chi connectivity index (χ2n) is 3.93. The van der Waals surface area contributed by atoms with Crippen LogP contribution in [0.5, 0.6) is 5.75 Å². The Balaban J connectivity index is 2.51. The van der Waals surface area contributed by atoms with Gasteiger partial charge in [0.1, 0.15) is 10.8 Å². The van der Waals surface area contributed by atoms with E-state index in [1.807, 2.05) is 6.07 Å². The Morgan fingerprint density at radius 3 is 2.80 bits per heavy atom. The summed E-state index contributed by atoms with van der Waals surface area (Å²) in [6.07, 6.45) is 0. The lowest BCUT2D eigenvalue weighted by Crippen LogP contribution is -2.01. The molecular formula is C12H15NOS. The molecule has 1 heterocycles. The summed E-state index contributed by atoms with van der Waals surface area (Å²) in [5.41, 5.74) is 2.12. The molecule has 0 atom stereocenters. The number of benzene rings is 1. The van der Waals surface area contributed by atoms with Crippen molar-refractivity contribution in [3.8, 4) is 5.75 Å². The van der Waals surface area contributed by atoms with E-state index in [9.17, 15) is 5.11 Å². The molecule has 1 aliphatic rings. The smallest absolute Gasteiger partial charge is 0.125 e. The van der Waals surface area contributed by atoms with E-state index in [1.54, 1.807) is 17.8 Å². The van der Waals surface area contributed by atoms with Gasteiger partial charge in [0.25, 0.3) is 0 Å².